The van der Waals surface area contributed by atoms with E-state index in [9.17, 15) is 18.0 Å². The monoisotopic (exact) mass is 378 g/mol. The lowest BCUT2D eigenvalue weighted by Gasteiger charge is -2.44. The summed E-state index contributed by atoms with van der Waals surface area (Å²) < 4.78 is 24.4. The molecular formula is C19H26N2O4S. The first kappa shape index (κ1) is 18.9. The van der Waals surface area contributed by atoms with Crippen molar-refractivity contribution in [3.8, 4) is 0 Å². The van der Waals surface area contributed by atoms with Gasteiger partial charge in [0.25, 0.3) is 0 Å². The van der Waals surface area contributed by atoms with Crippen molar-refractivity contribution in [1.29, 1.82) is 0 Å². The van der Waals surface area contributed by atoms with E-state index in [4.69, 9.17) is 0 Å². The van der Waals surface area contributed by atoms with E-state index >= 15 is 0 Å². The molecular weight excluding hydrogens is 352 g/mol. The Hall–Kier alpha value is -1.89. The summed E-state index contributed by atoms with van der Waals surface area (Å²) in [4.78, 5) is 28.4. The predicted octanol–water partition coefficient (Wildman–Crippen LogP) is 1.09. The van der Waals surface area contributed by atoms with Crippen molar-refractivity contribution in [3.05, 3.63) is 34.9 Å². The molecule has 0 radical (unpaired) electrons. The molecule has 6 nitrogen and oxygen atoms in total. The van der Waals surface area contributed by atoms with Crippen molar-refractivity contribution < 1.29 is 18.0 Å². The predicted molar refractivity (Wildman–Crippen MR) is 99.6 cm³/mol. The number of benzene rings is 1. The van der Waals surface area contributed by atoms with Gasteiger partial charge in [0.05, 0.1) is 30.0 Å². The van der Waals surface area contributed by atoms with Gasteiger partial charge in [0, 0.05) is 19.5 Å². The molecule has 7 heteroatoms. The van der Waals surface area contributed by atoms with Crippen molar-refractivity contribution in [3.63, 3.8) is 0 Å². The van der Waals surface area contributed by atoms with Crippen LogP contribution in [0.5, 0.6) is 0 Å². The quantitative estimate of drug-likeness (QED) is 0.789. The Morgan fingerprint density at radius 1 is 1.00 bits per heavy atom. The lowest BCUT2D eigenvalue weighted by molar-refractivity contribution is -0.144. The second-order valence-corrected chi connectivity index (χ2v) is 9.49. The Labute approximate surface area is 155 Å². The van der Waals surface area contributed by atoms with E-state index in [0.29, 0.717) is 19.5 Å². The Bertz CT molecular complexity index is 834. The highest BCUT2D eigenvalue weighted by atomic mass is 32.2. The molecule has 2 heterocycles. The second kappa shape index (κ2) is 7.02. The molecule has 1 aromatic carbocycles. The minimum absolute atomic E-state index is 0.0432. The Morgan fingerprint density at radius 2 is 1.58 bits per heavy atom. The molecule has 1 aromatic rings. The van der Waals surface area contributed by atoms with Gasteiger partial charge in [-0.2, -0.15) is 0 Å². The molecule has 2 amide bonds. The molecule has 2 aliphatic rings. The molecule has 2 atom stereocenters. The highest BCUT2D eigenvalue weighted by Gasteiger charge is 2.48. The summed E-state index contributed by atoms with van der Waals surface area (Å²) >= 11 is 0. The average molecular weight is 378 g/mol. The van der Waals surface area contributed by atoms with Crippen molar-refractivity contribution >= 4 is 21.7 Å². The molecule has 0 bridgehead atoms. The number of hydrogen-bond acceptors (Lipinski definition) is 4. The smallest absolute Gasteiger partial charge is 0.227 e. The molecule has 0 unspecified atom stereocenters. The molecule has 26 heavy (non-hydrogen) atoms. The third-order valence-corrected chi connectivity index (χ3v) is 7.24. The van der Waals surface area contributed by atoms with Crippen LogP contribution in [-0.2, 0) is 25.8 Å². The number of sulfone groups is 1. The van der Waals surface area contributed by atoms with Crippen LogP contribution in [0.25, 0.3) is 0 Å². The maximum Gasteiger partial charge on any atom is 0.227 e. The van der Waals surface area contributed by atoms with Crippen LogP contribution in [0.1, 0.15) is 30.0 Å². The van der Waals surface area contributed by atoms with Gasteiger partial charge in [-0.25, -0.2) is 8.42 Å². The zero-order valence-electron chi connectivity index (χ0n) is 15.6. The van der Waals surface area contributed by atoms with Crippen LogP contribution in [0.15, 0.2) is 18.2 Å². The van der Waals surface area contributed by atoms with Crippen molar-refractivity contribution in [1.82, 2.24) is 9.80 Å². The normalized spacial score (nSPS) is 24.4. The van der Waals surface area contributed by atoms with Crippen molar-refractivity contribution in [2.45, 2.75) is 45.7 Å². The molecule has 0 aromatic heterocycles. The van der Waals surface area contributed by atoms with Gasteiger partial charge in [-0.05, 0) is 30.5 Å². The van der Waals surface area contributed by atoms with Gasteiger partial charge in [-0.3, -0.25) is 9.59 Å². The number of fused-ring (bicyclic) bond motifs is 1. The number of rotatable bonds is 3. The van der Waals surface area contributed by atoms with Crippen LogP contribution < -0.4 is 0 Å². The van der Waals surface area contributed by atoms with Gasteiger partial charge in [0.1, 0.15) is 0 Å². The third kappa shape index (κ3) is 3.63. The molecule has 0 saturated carbocycles. The molecule has 3 rings (SSSR count). The maximum atomic E-state index is 12.9. The van der Waals surface area contributed by atoms with Crippen LogP contribution in [-0.4, -0.2) is 66.7 Å². The van der Waals surface area contributed by atoms with E-state index in [1.807, 2.05) is 32.0 Å². The Kier molecular flexibility index (Phi) is 5.10. The van der Waals surface area contributed by atoms with E-state index in [2.05, 4.69) is 0 Å². The minimum atomic E-state index is -3.24. The molecule has 142 valence electrons. The number of nitrogens with zero attached hydrogens (tertiary/aromatic N) is 2. The maximum absolute atomic E-state index is 12.9. The molecule has 0 spiro atoms. The summed E-state index contributed by atoms with van der Waals surface area (Å²) in [6.07, 6.45) is 0.603. The van der Waals surface area contributed by atoms with Crippen LogP contribution >= 0.6 is 0 Å². The number of hydrogen-bond donors (Lipinski definition) is 0. The fraction of sp³-hybridized carbons (Fsp3) is 0.579. The van der Waals surface area contributed by atoms with Gasteiger partial charge in [-0.1, -0.05) is 25.1 Å². The highest BCUT2D eigenvalue weighted by molar-refractivity contribution is 7.91. The van der Waals surface area contributed by atoms with E-state index < -0.39 is 21.9 Å². The zero-order valence-corrected chi connectivity index (χ0v) is 16.4. The van der Waals surface area contributed by atoms with Gasteiger partial charge in [0.15, 0.2) is 9.84 Å². The lowest BCUT2D eigenvalue weighted by Crippen LogP contribution is -2.62. The first-order valence-corrected chi connectivity index (χ1v) is 10.9. The van der Waals surface area contributed by atoms with Crippen LogP contribution in [0.2, 0.25) is 0 Å². The number of carbonyl (C=O) groups is 2. The molecule has 2 fully saturated rings. The van der Waals surface area contributed by atoms with Crippen molar-refractivity contribution in [2.75, 3.05) is 24.6 Å². The first-order valence-electron chi connectivity index (χ1n) is 9.07. The van der Waals surface area contributed by atoms with E-state index in [-0.39, 0.29) is 29.7 Å². The van der Waals surface area contributed by atoms with Crippen LogP contribution in [0.3, 0.4) is 0 Å². The Balaban J connectivity index is 1.80. The van der Waals surface area contributed by atoms with Gasteiger partial charge in [0.2, 0.25) is 11.8 Å². The van der Waals surface area contributed by atoms with E-state index in [0.717, 1.165) is 11.1 Å². The van der Waals surface area contributed by atoms with Gasteiger partial charge in [-0.15, -0.1) is 0 Å². The van der Waals surface area contributed by atoms with Gasteiger partial charge < -0.3 is 9.80 Å². The number of piperazine rings is 1. The number of amides is 2. The summed E-state index contributed by atoms with van der Waals surface area (Å²) in [5, 5.41) is 0. The lowest BCUT2D eigenvalue weighted by atomic mass is 10.0. The minimum Gasteiger partial charge on any atom is -0.335 e. The summed E-state index contributed by atoms with van der Waals surface area (Å²) in [5.74, 6) is -0.206. The summed E-state index contributed by atoms with van der Waals surface area (Å²) in [6.45, 7) is 6.61. The highest BCUT2D eigenvalue weighted by Crippen LogP contribution is 2.28. The molecule has 2 saturated heterocycles. The summed E-state index contributed by atoms with van der Waals surface area (Å²) in [5.41, 5.74) is 3.24. The largest absolute Gasteiger partial charge is 0.335 e. The van der Waals surface area contributed by atoms with Crippen LogP contribution in [0, 0.1) is 13.8 Å². The van der Waals surface area contributed by atoms with E-state index in [1.54, 1.807) is 16.7 Å². The van der Waals surface area contributed by atoms with Crippen molar-refractivity contribution in [2.24, 2.45) is 0 Å². The number of aryl methyl sites for hydroxylation is 2. The average Bonchev–Trinajstić information content (AvgIpc) is 2.91. The molecule has 0 aliphatic carbocycles. The summed E-state index contributed by atoms with van der Waals surface area (Å²) in [6, 6.07) is 5.11. The standard InChI is InChI=1S/C19H26N2O4S/c1-4-18(22)20-7-8-21(17-12-26(24,25)11-16(17)20)19(23)10-15-6-5-13(2)14(3)9-15/h5-6,9,16-17H,4,7-8,10-12H2,1-3H3/t16-,17+/m1/s1. The zero-order chi connectivity index (χ0) is 19.1. The SMILES string of the molecule is CCC(=O)N1CCN(C(=O)Cc2ccc(C)c(C)c2)[C@H]2CS(=O)(=O)C[C@H]21. The third-order valence-electron chi connectivity index (χ3n) is 5.55. The molecule has 2 aliphatic heterocycles. The van der Waals surface area contributed by atoms with E-state index in [1.165, 1.54) is 5.56 Å². The first-order chi connectivity index (χ1) is 12.2. The summed E-state index contributed by atoms with van der Waals surface area (Å²) in [7, 11) is -3.24. The molecule has 0 N–H and O–H groups in total. The van der Waals surface area contributed by atoms with Gasteiger partial charge >= 0.3 is 0 Å². The number of carbonyl (C=O) groups excluding carboxylic acids is 2. The fourth-order valence-corrected chi connectivity index (χ4v) is 5.95. The topological polar surface area (TPSA) is 74.8 Å². The fourth-order valence-electron chi connectivity index (χ4n) is 3.97. The Morgan fingerprint density at radius 3 is 2.12 bits per heavy atom. The second-order valence-electron chi connectivity index (χ2n) is 7.33. The van der Waals surface area contributed by atoms with Crippen LogP contribution in [0.4, 0.5) is 0 Å².